The number of benzene rings is 1. The number of carbonyl (C=O) groups is 3. The molecule has 1 aliphatic heterocycles. The molecule has 1 aromatic rings. The Morgan fingerprint density at radius 2 is 1.86 bits per heavy atom. The van der Waals surface area contributed by atoms with Crippen LogP contribution in [0.1, 0.15) is 77.1 Å². The highest BCUT2D eigenvalue weighted by molar-refractivity contribution is 5.99. The normalized spacial score (nSPS) is 21.0. The van der Waals surface area contributed by atoms with Crippen LogP contribution in [0, 0.1) is 5.92 Å². The molecule has 3 N–H and O–H groups in total. The number of nitrogens with zero attached hydrogens (tertiary/aromatic N) is 3. The minimum atomic E-state index is -0.486. The topological polar surface area (TPSA) is 124 Å². The van der Waals surface area contributed by atoms with Crippen LogP contribution in [0.15, 0.2) is 18.2 Å². The fourth-order valence-corrected chi connectivity index (χ4v) is 5.00. The molecule has 0 unspecified atom stereocenters. The molecule has 0 fully saturated rings. The Kier molecular flexibility index (Phi) is 15.2. The predicted molar refractivity (Wildman–Crippen MR) is 170 cm³/mol. The smallest absolute Gasteiger partial charge is 0.319 e. The van der Waals surface area contributed by atoms with Gasteiger partial charge in [0.25, 0.3) is 5.91 Å². The van der Waals surface area contributed by atoms with E-state index in [1.165, 1.54) is 0 Å². The van der Waals surface area contributed by atoms with Crippen LogP contribution in [-0.4, -0.2) is 116 Å². The Bertz CT molecular complexity index is 1040. The second-order valence-corrected chi connectivity index (χ2v) is 12.4. The molecule has 4 atom stereocenters. The van der Waals surface area contributed by atoms with Crippen molar-refractivity contribution in [2.24, 2.45) is 5.92 Å². The van der Waals surface area contributed by atoms with Crippen molar-refractivity contribution in [1.29, 1.82) is 0 Å². The lowest BCUT2D eigenvalue weighted by molar-refractivity contribution is -0.132. The minimum Gasteiger partial charge on any atom is -0.490 e. The summed E-state index contributed by atoms with van der Waals surface area (Å²) >= 11 is 0. The quantitative estimate of drug-likeness (QED) is 0.371. The molecule has 0 aromatic heterocycles. The second kappa shape index (κ2) is 18.0. The number of hydrogen-bond acceptors (Lipinski definition) is 7. The van der Waals surface area contributed by atoms with Gasteiger partial charge in [-0.25, -0.2) is 4.79 Å². The first-order valence-electron chi connectivity index (χ1n) is 15.6. The monoisotopic (exact) mass is 605 g/mol. The fourth-order valence-electron chi connectivity index (χ4n) is 5.00. The molecule has 1 aromatic carbocycles. The number of aliphatic hydroxyl groups is 1. The molecule has 11 heteroatoms. The number of aliphatic hydroxyl groups excluding tert-OH is 1. The summed E-state index contributed by atoms with van der Waals surface area (Å²) in [5.41, 5.74) is 0.771. The number of hydrogen-bond donors (Lipinski definition) is 3. The van der Waals surface area contributed by atoms with Gasteiger partial charge in [-0.05, 0) is 92.2 Å². The zero-order valence-electron chi connectivity index (χ0n) is 27.5. The largest absolute Gasteiger partial charge is 0.490 e. The standard InChI is InChI=1S/C32H55N5O6/c1-22(2)33-32(41)34-26-14-15-28-27(18-26)31(40)37(24(4)21-38)19-23(3)29(42-17-10-9-12-25(5)43-28)20-36(8)30(39)13-11-16-35(6)7/h14-15,18,22-25,29,38H,9-13,16-17,19-21H2,1-8H3,(H2,33,34,41)/t23-,24+,25-,29+/m1/s1. The molecule has 4 amide bonds. The van der Waals surface area contributed by atoms with E-state index in [4.69, 9.17) is 9.47 Å². The van der Waals surface area contributed by atoms with Gasteiger partial charge in [0.1, 0.15) is 5.75 Å². The molecule has 0 saturated carbocycles. The summed E-state index contributed by atoms with van der Waals surface area (Å²) in [4.78, 5) is 44.9. The number of urea groups is 1. The molecule has 2 rings (SSSR count). The van der Waals surface area contributed by atoms with Gasteiger partial charge in [0.2, 0.25) is 5.91 Å². The number of amides is 4. The third-order valence-electron chi connectivity index (χ3n) is 7.60. The molecular weight excluding hydrogens is 550 g/mol. The van der Waals surface area contributed by atoms with Gasteiger partial charge in [-0.3, -0.25) is 9.59 Å². The van der Waals surface area contributed by atoms with Gasteiger partial charge >= 0.3 is 6.03 Å². The second-order valence-electron chi connectivity index (χ2n) is 12.4. The van der Waals surface area contributed by atoms with Gasteiger partial charge < -0.3 is 39.9 Å². The van der Waals surface area contributed by atoms with Crippen LogP contribution < -0.4 is 15.4 Å². The number of anilines is 1. The van der Waals surface area contributed by atoms with Crippen molar-refractivity contribution >= 4 is 23.5 Å². The van der Waals surface area contributed by atoms with E-state index in [1.807, 2.05) is 41.8 Å². The molecule has 0 aliphatic carbocycles. The maximum absolute atomic E-state index is 14.2. The van der Waals surface area contributed by atoms with Gasteiger partial charge in [0.05, 0.1) is 30.4 Å². The van der Waals surface area contributed by atoms with E-state index in [-0.39, 0.29) is 48.6 Å². The SMILES string of the molecule is CC(C)NC(=O)Nc1ccc2c(c1)C(=O)N([C@@H](C)CO)C[C@@H](C)[C@H](CN(C)C(=O)CCCN(C)C)OCCCC[C@@H](C)O2. The van der Waals surface area contributed by atoms with Crippen LogP contribution in [0.25, 0.3) is 0 Å². The number of nitrogens with one attached hydrogen (secondary N) is 2. The number of rotatable bonds is 10. The van der Waals surface area contributed by atoms with E-state index < -0.39 is 6.04 Å². The predicted octanol–water partition coefficient (Wildman–Crippen LogP) is 3.81. The Morgan fingerprint density at radius 3 is 2.51 bits per heavy atom. The molecule has 11 nitrogen and oxygen atoms in total. The molecule has 0 radical (unpaired) electrons. The van der Waals surface area contributed by atoms with Crippen molar-refractivity contribution in [2.45, 2.75) is 91.0 Å². The summed E-state index contributed by atoms with van der Waals surface area (Å²) in [6.07, 6.45) is 3.29. The van der Waals surface area contributed by atoms with Crippen molar-refractivity contribution < 1.29 is 29.0 Å². The van der Waals surface area contributed by atoms with E-state index in [1.54, 1.807) is 42.0 Å². The molecule has 0 spiro atoms. The van der Waals surface area contributed by atoms with Crippen molar-refractivity contribution in [2.75, 3.05) is 59.3 Å². The van der Waals surface area contributed by atoms with Crippen LogP contribution >= 0.6 is 0 Å². The fraction of sp³-hybridized carbons (Fsp3) is 0.719. The summed E-state index contributed by atoms with van der Waals surface area (Å²) in [5.74, 6) is 0.0462. The lowest BCUT2D eigenvalue weighted by atomic mass is 10.0. The zero-order valence-corrected chi connectivity index (χ0v) is 27.5. The van der Waals surface area contributed by atoms with E-state index in [0.29, 0.717) is 43.1 Å². The van der Waals surface area contributed by atoms with Gasteiger partial charge in [0, 0.05) is 50.8 Å². The minimum absolute atomic E-state index is 0.0481. The average molecular weight is 606 g/mol. The van der Waals surface area contributed by atoms with E-state index in [9.17, 15) is 19.5 Å². The first kappa shape index (κ1) is 36.3. The molecular formula is C32H55N5O6. The maximum atomic E-state index is 14.2. The van der Waals surface area contributed by atoms with Gasteiger partial charge in [-0.1, -0.05) is 6.92 Å². The molecule has 1 aliphatic rings. The first-order valence-corrected chi connectivity index (χ1v) is 15.6. The summed E-state index contributed by atoms with van der Waals surface area (Å²) in [6, 6.07) is 4.17. The highest BCUT2D eigenvalue weighted by atomic mass is 16.5. The Hall–Kier alpha value is -2.89. The van der Waals surface area contributed by atoms with Gasteiger partial charge in [-0.2, -0.15) is 0 Å². The van der Waals surface area contributed by atoms with E-state index >= 15 is 0 Å². The van der Waals surface area contributed by atoms with Crippen LogP contribution in [0.2, 0.25) is 0 Å². The molecule has 1 heterocycles. The maximum Gasteiger partial charge on any atom is 0.319 e. The highest BCUT2D eigenvalue weighted by Crippen LogP contribution is 2.28. The lowest BCUT2D eigenvalue weighted by Gasteiger charge is -2.36. The van der Waals surface area contributed by atoms with Crippen LogP contribution in [0.4, 0.5) is 10.5 Å². The number of fused-ring (bicyclic) bond motifs is 1. The van der Waals surface area contributed by atoms with E-state index in [0.717, 1.165) is 32.2 Å². The van der Waals surface area contributed by atoms with Gasteiger partial charge in [0.15, 0.2) is 0 Å². The number of ether oxygens (including phenoxy) is 2. The average Bonchev–Trinajstić information content (AvgIpc) is 2.93. The summed E-state index contributed by atoms with van der Waals surface area (Å²) in [6.45, 7) is 11.4. The van der Waals surface area contributed by atoms with Crippen molar-refractivity contribution in [1.82, 2.24) is 20.0 Å². The van der Waals surface area contributed by atoms with Crippen LogP contribution in [0.3, 0.4) is 0 Å². The summed E-state index contributed by atoms with van der Waals surface area (Å²) < 4.78 is 12.6. The molecule has 244 valence electrons. The molecule has 0 bridgehead atoms. The zero-order chi connectivity index (χ0) is 32.1. The van der Waals surface area contributed by atoms with E-state index in [2.05, 4.69) is 15.5 Å². The summed E-state index contributed by atoms with van der Waals surface area (Å²) in [7, 11) is 5.79. The lowest BCUT2D eigenvalue weighted by Crippen LogP contribution is -2.48. The Morgan fingerprint density at radius 1 is 1.14 bits per heavy atom. The Labute approximate surface area is 258 Å². The van der Waals surface area contributed by atoms with Crippen molar-refractivity contribution in [3.8, 4) is 5.75 Å². The third-order valence-corrected chi connectivity index (χ3v) is 7.60. The highest BCUT2D eigenvalue weighted by Gasteiger charge is 2.31. The number of likely N-dealkylation sites (N-methyl/N-ethyl adjacent to an activating group) is 1. The molecule has 0 saturated heterocycles. The number of carbonyl (C=O) groups excluding carboxylic acids is 3. The third kappa shape index (κ3) is 12.3. The van der Waals surface area contributed by atoms with Crippen molar-refractivity contribution in [3.05, 3.63) is 23.8 Å². The van der Waals surface area contributed by atoms with Gasteiger partial charge in [-0.15, -0.1) is 0 Å². The van der Waals surface area contributed by atoms with Crippen molar-refractivity contribution in [3.63, 3.8) is 0 Å². The summed E-state index contributed by atoms with van der Waals surface area (Å²) in [5, 5.41) is 15.7. The first-order chi connectivity index (χ1) is 20.3. The van der Waals surface area contributed by atoms with Crippen LogP contribution in [-0.2, 0) is 9.53 Å². The Balaban J connectivity index is 2.38. The van der Waals surface area contributed by atoms with Crippen LogP contribution in [0.5, 0.6) is 5.75 Å². The molecule has 43 heavy (non-hydrogen) atoms.